The molecule has 0 aliphatic carbocycles. The van der Waals surface area contributed by atoms with Crippen LogP contribution in [0.1, 0.15) is 18.4 Å². The molecule has 2 N–H and O–H groups in total. The van der Waals surface area contributed by atoms with Crippen LogP contribution in [-0.4, -0.2) is 26.4 Å². The first-order valence-corrected chi connectivity index (χ1v) is 5.90. The maximum Gasteiger partial charge on any atom is 0.121 e. The van der Waals surface area contributed by atoms with Crippen molar-refractivity contribution in [3.63, 3.8) is 0 Å². The lowest BCUT2D eigenvalue weighted by molar-refractivity contribution is -0.0390. The second-order valence-electron chi connectivity index (χ2n) is 4.24. The van der Waals surface area contributed by atoms with Crippen LogP contribution in [0.25, 0.3) is 0 Å². The van der Waals surface area contributed by atoms with Crippen molar-refractivity contribution in [1.29, 1.82) is 0 Å². The summed E-state index contributed by atoms with van der Waals surface area (Å²) in [6.07, 6.45) is 2.25. The van der Waals surface area contributed by atoms with E-state index in [1.165, 1.54) is 0 Å². The highest BCUT2D eigenvalue weighted by atomic mass is 16.5. The molecule has 0 bridgehead atoms. The first kappa shape index (κ1) is 12.2. The van der Waals surface area contributed by atoms with Crippen LogP contribution in [0.4, 0.5) is 5.69 Å². The van der Waals surface area contributed by atoms with Crippen molar-refractivity contribution < 1.29 is 14.2 Å². The van der Waals surface area contributed by atoms with Gasteiger partial charge in [-0.15, -0.1) is 0 Å². The molecule has 1 aromatic carbocycles. The Balaban J connectivity index is 1.91. The molecule has 1 aliphatic rings. The Morgan fingerprint density at radius 3 is 2.76 bits per heavy atom. The molecular formula is C13H19NO3. The van der Waals surface area contributed by atoms with Crippen molar-refractivity contribution in [3.8, 4) is 5.75 Å². The number of benzene rings is 1. The maximum absolute atomic E-state index is 5.83. The molecule has 0 spiro atoms. The first-order chi connectivity index (χ1) is 8.28. The Bertz CT molecular complexity index is 362. The normalized spacial score (nSPS) is 17.0. The molecule has 0 aromatic heterocycles. The third kappa shape index (κ3) is 3.61. The van der Waals surface area contributed by atoms with Crippen LogP contribution in [-0.2, 0) is 16.1 Å². The molecule has 0 unspecified atom stereocenters. The minimum atomic E-state index is 0.302. The van der Waals surface area contributed by atoms with Crippen molar-refractivity contribution in [3.05, 3.63) is 23.8 Å². The lowest BCUT2D eigenvalue weighted by Gasteiger charge is -2.22. The van der Waals surface area contributed by atoms with Gasteiger partial charge in [0.05, 0.1) is 19.8 Å². The molecule has 1 saturated heterocycles. The quantitative estimate of drug-likeness (QED) is 0.813. The monoisotopic (exact) mass is 237 g/mol. The molecule has 1 fully saturated rings. The van der Waals surface area contributed by atoms with Gasteiger partial charge in [-0.1, -0.05) is 0 Å². The Hall–Kier alpha value is -1.26. The second kappa shape index (κ2) is 5.89. The fourth-order valence-corrected chi connectivity index (χ4v) is 1.94. The molecule has 1 aliphatic heterocycles. The van der Waals surface area contributed by atoms with Gasteiger partial charge < -0.3 is 19.9 Å². The molecule has 4 nitrogen and oxygen atoms in total. The summed E-state index contributed by atoms with van der Waals surface area (Å²) < 4.78 is 16.3. The Morgan fingerprint density at radius 2 is 2.06 bits per heavy atom. The van der Waals surface area contributed by atoms with Crippen LogP contribution in [0.2, 0.25) is 0 Å². The standard InChI is InChI=1S/C13H19NO3/c1-15-13-7-10(6-11(14)8-13)9-17-12-2-4-16-5-3-12/h6-8,12H,2-5,9,14H2,1H3. The highest BCUT2D eigenvalue weighted by Gasteiger charge is 2.14. The molecule has 0 radical (unpaired) electrons. The van der Waals surface area contributed by atoms with Gasteiger partial charge in [0.1, 0.15) is 5.75 Å². The number of hydrogen-bond donors (Lipinski definition) is 1. The molecule has 4 heteroatoms. The van der Waals surface area contributed by atoms with Gasteiger partial charge in [-0.05, 0) is 30.5 Å². The lowest BCUT2D eigenvalue weighted by Crippen LogP contribution is -2.23. The van der Waals surface area contributed by atoms with Crippen molar-refractivity contribution >= 4 is 5.69 Å². The van der Waals surface area contributed by atoms with E-state index in [0.717, 1.165) is 37.4 Å². The number of hydrogen-bond acceptors (Lipinski definition) is 4. The fourth-order valence-electron chi connectivity index (χ4n) is 1.94. The highest BCUT2D eigenvalue weighted by molar-refractivity contribution is 5.47. The Labute approximate surface area is 102 Å². The first-order valence-electron chi connectivity index (χ1n) is 5.90. The van der Waals surface area contributed by atoms with Gasteiger partial charge in [0, 0.05) is 25.0 Å². The van der Waals surface area contributed by atoms with Crippen LogP contribution in [0.5, 0.6) is 5.75 Å². The topological polar surface area (TPSA) is 53.7 Å². The molecule has 94 valence electrons. The zero-order chi connectivity index (χ0) is 12.1. The summed E-state index contributed by atoms with van der Waals surface area (Å²) in [6.45, 7) is 2.17. The highest BCUT2D eigenvalue weighted by Crippen LogP contribution is 2.20. The number of nitrogen functional groups attached to an aromatic ring is 1. The predicted octanol–water partition coefficient (Wildman–Crippen LogP) is 1.97. The molecule has 0 atom stereocenters. The minimum Gasteiger partial charge on any atom is -0.497 e. The Morgan fingerprint density at radius 1 is 1.29 bits per heavy atom. The van der Waals surface area contributed by atoms with Crippen molar-refractivity contribution in [2.45, 2.75) is 25.6 Å². The average molecular weight is 237 g/mol. The third-order valence-electron chi connectivity index (χ3n) is 2.88. The van der Waals surface area contributed by atoms with Crippen LogP contribution in [0.3, 0.4) is 0 Å². The van der Waals surface area contributed by atoms with Gasteiger partial charge in [0.25, 0.3) is 0 Å². The zero-order valence-electron chi connectivity index (χ0n) is 10.1. The smallest absolute Gasteiger partial charge is 0.121 e. The van der Waals surface area contributed by atoms with E-state index in [2.05, 4.69) is 0 Å². The number of nitrogens with two attached hydrogens (primary N) is 1. The van der Waals surface area contributed by atoms with E-state index in [1.54, 1.807) is 13.2 Å². The summed E-state index contributed by atoms with van der Waals surface area (Å²) in [5.74, 6) is 0.774. The van der Waals surface area contributed by atoms with Crippen LogP contribution < -0.4 is 10.5 Å². The zero-order valence-corrected chi connectivity index (χ0v) is 10.1. The van der Waals surface area contributed by atoms with Gasteiger partial charge in [0.15, 0.2) is 0 Å². The van der Waals surface area contributed by atoms with E-state index in [4.69, 9.17) is 19.9 Å². The molecule has 1 aromatic rings. The number of methoxy groups -OCH3 is 1. The molecular weight excluding hydrogens is 218 g/mol. The molecule has 17 heavy (non-hydrogen) atoms. The second-order valence-corrected chi connectivity index (χ2v) is 4.24. The molecule has 0 amide bonds. The van der Waals surface area contributed by atoms with E-state index < -0.39 is 0 Å². The largest absolute Gasteiger partial charge is 0.497 e. The number of anilines is 1. The van der Waals surface area contributed by atoms with Crippen LogP contribution in [0, 0.1) is 0 Å². The van der Waals surface area contributed by atoms with Gasteiger partial charge in [-0.2, -0.15) is 0 Å². The van der Waals surface area contributed by atoms with Crippen molar-refractivity contribution in [2.24, 2.45) is 0 Å². The summed E-state index contributed by atoms with van der Waals surface area (Å²) in [5.41, 5.74) is 7.54. The summed E-state index contributed by atoms with van der Waals surface area (Å²) in [7, 11) is 1.64. The fraction of sp³-hybridized carbons (Fsp3) is 0.538. The molecule has 1 heterocycles. The van der Waals surface area contributed by atoms with Crippen LogP contribution >= 0.6 is 0 Å². The van der Waals surface area contributed by atoms with E-state index in [1.807, 2.05) is 12.1 Å². The number of rotatable bonds is 4. The van der Waals surface area contributed by atoms with Gasteiger partial charge in [-0.3, -0.25) is 0 Å². The average Bonchev–Trinajstić information content (AvgIpc) is 2.37. The molecule has 0 saturated carbocycles. The predicted molar refractivity (Wildman–Crippen MR) is 66.0 cm³/mol. The van der Waals surface area contributed by atoms with E-state index in [9.17, 15) is 0 Å². The SMILES string of the molecule is COc1cc(N)cc(COC2CCOCC2)c1. The summed E-state index contributed by atoms with van der Waals surface area (Å²) in [5, 5.41) is 0. The van der Waals surface area contributed by atoms with Crippen molar-refractivity contribution in [2.75, 3.05) is 26.1 Å². The Kier molecular flexibility index (Phi) is 4.23. The summed E-state index contributed by atoms with van der Waals surface area (Å²) in [6, 6.07) is 5.68. The summed E-state index contributed by atoms with van der Waals surface area (Å²) >= 11 is 0. The molecule has 2 rings (SSSR count). The third-order valence-corrected chi connectivity index (χ3v) is 2.88. The van der Waals surface area contributed by atoms with Crippen molar-refractivity contribution in [1.82, 2.24) is 0 Å². The number of ether oxygens (including phenoxy) is 3. The maximum atomic E-state index is 5.83. The van der Waals surface area contributed by atoms with Crippen LogP contribution in [0.15, 0.2) is 18.2 Å². The van der Waals surface area contributed by atoms with Gasteiger partial charge in [0.2, 0.25) is 0 Å². The van der Waals surface area contributed by atoms with Gasteiger partial charge >= 0.3 is 0 Å². The lowest BCUT2D eigenvalue weighted by atomic mass is 10.1. The van der Waals surface area contributed by atoms with E-state index >= 15 is 0 Å². The minimum absolute atomic E-state index is 0.302. The van der Waals surface area contributed by atoms with Gasteiger partial charge in [-0.25, -0.2) is 0 Å². The van der Waals surface area contributed by atoms with E-state index in [-0.39, 0.29) is 0 Å². The summed E-state index contributed by atoms with van der Waals surface area (Å²) in [4.78, 5) is 0. The van der Waals surface area contributed by atoms with E-state index in [0.29, 0.717) is 18.4 Å².